The molecule has 0 unspecified atom stereocenters. The maximum absolute atomic E-state index is 12.5. The van der Waals surface area contributed by atoms with Crippen LogP contribution in [-0.2, 0) is 20.7 Å². The van der Waals surface area contributed by atoms with Gasteiger partial charge >= 0.3 is 5.97 Å². The molecule has 1 N–H and O–H groups in total. The SMILES string of the molecule is CCOC(=O)/C=C/c1ccc(NC(=O)c2ccc3c(c2)CCN3C(C)=O)cc1. The molecule has 1 aliphatic heterocycles. The second-order valence-corrected chi connectivity index (χ2v) is 6.43. The summed E-state index contributed by atoms with van der Waals surface area (Å²) in [5.41, 5.74) is 3.91. The van der Waals surface area contributed by atoms with E-state index in [1.165, 1.54) is 6.08 Å². The van der Waals surface area contributed by atoms with Crippen molar-refractivity contribution < 1.29 is 19.1 Å². The van der Waals surface area contributed by atoms with E-state index in [2.05, 4.69) is 5.32 Å². The fourth-order valence-corrected chi connectivity index (χ4v) is 3.11. The fraction of sp³-hybridized carbons (Fsp3) is 0.227. The summed E-state index contributed by atoms with van der Waals surface area (Å²) >= 11 is 0. The summed E-state index contributed by atoms with van der Waals surface area (Å²) in [6, 6.07) is 12.5. The van der Waals surface area contributed by atoms with Crippen molar-refractivity contribution in [1.29, 1.82) is 0 Å². The zero-order chi connectivity index (χ0) is 20.1. The van der Waals surface area contributed by atoms with Crippen molar-refractivity contribution in [3.05, 3.63) is 65.2 Å². The van der Waals surface area contributed by atoms with Gasteiger partial charge in [0.05, 0.1) is 6.61 Å². The molecule has 1 aliphatic rings. The molecule has 0 saturated heterocycles. The summed E-state index contributed by atoms with van der Waals surface area (Å²) in [6.45, 7) is 4.28. The Bertz CT molecular complexity index is 932. The Kier molecular flexibility index (Phi) is 5.89. The van der Waals surface area contributed by atoms with E-state index in [9.17, 15) is 14.4 Å². The number of amides is 2. The second-order valence-electron chi connectivity index (χ2n) is 6.43. The van der Waals surface area contributed by atoms with E-state index in [1.807, 2.05) is 12.1 Å². The largest absolute Gasteiger partial charge is 0.463 e. The normalized spacial score (nSPS) is 12.7. The number of hydrogen-bond acceptors (Lipinski definition) is 4. The molecule has 0 fully saturated rings. The number of anilines is 2. The Balaban J connectivity index is 1.65. The zero-order valence-corrected chi connectivity index (χ0v) is 15.9. The summed E-state index contributed by atoms with van der Waals surface area (Å²) in [4.78, 5) is 37.2. The van der Waals surface area contributed by atoms with Gasteiger partial charge in [-0.25, -0.2) is 4.79 Å². The molecule has 2 amide bonds. The van der Waals surface area contributed by atoms with Gasteiger partial charge in [0.2, 0.25) is 5.91 Å². The van der Waals surface area contributed by atoms with Crippen LogP contribution in [0.3, 0.4) is 0 Å². The molecule has 1 heterocycles. The monoisotopic (exact) mass is 378 g/mol. The van der Waals surface area contributed by atoms with Crippen LogP contribution in [-0.4, -0.2) is 30.9 Å². The fourth-order valence-electron chi connectivity index (χ4n) is 3.11. The molecule has 6 nitrogen and oxygen atoms in total. The van der Waals surface area contributed by atoms with Crippen LogP contribution >= 0.6 is 0 Å². The summed E-state index contributed by atoms with van der Waals surface area (Å²) in [5.74, 6) is -0.591. The number of fused-ring (bicyclic) bond motifs is 1. The number of carbonyl (C=O) groups is 3. The van der Waals surface area contributed by atoms with Gasteiger partial charge in [-0.1, -0.05) is 12.1 Å². The molecule has 0 aromatic heterocycles. The molecule has 0 aliphatic carbocycles. The Hall–Kier alpha value is -3.41. The highest BCUT2D eigenvalue weighted by atomic mass is 16.5. The summed E-state index contributed by atoms with van der Waals surface area (Å²) in [6.07, 6.45) is 3.77. The third-order valence-corrected chi connectivity index (χ3v) is 4.48. The molecule has 28 heavy (non-hydrogen) atoms. The van der Waals surface area contributed by atoms with Gasteiger partial charge in [-0.3, -0.25) is 9.59 Å². The molecule has 0 spiro atoms. The van der Waals surface area contributed by atoms with Crippen molar-refractivity contribution in [2.24, 2.45) is 0 Å². The lowest BCUT2D eigenvalue weighted by atomic mass is 10.1. The van der Waals surface area contributed by atoms with Gasteiger partial charge in [0.1, 0.15) is 0 Å². The van der Waals surface area contributed by atoms with E-state index in [0.29, 0.717) is 24.4 Å². The van der Waals surface area contributed by atoms with Gasteiger partial charge < -0.3 is 15.0 Å². The van der Waals surface area contributed by atoms with Gasteiger partial charge in [-0.2, -0.15) is 0 Å². The average Bonchev–Trinajstić information content (AvgIpc) is 3.11. The van der Waals surface area contributed by atoms with E-state index in [4.69, 9.17) is 4.74 Å². The third-order valence-electron chi connectivity index (χ3n) is 4.48. The van der Waals surface area contributed by atoms with Crippen LogP contribution in [0.1, 0.15) is 35.3 Å². The van der Waals surface area contributed by atoms with Crippen molar-refractivity contribution >= 4 is 35.2 Å². The lowest BCUT2D eigenvalue weighted by Crippen LogP contribution is -2.25. The van der Waals surface area contributed by atoms with Crippen LogP contribution in [0.15, 0.2) is 48.5 Å². The van der Waals surface area contributed by atoms with Crippen LogP contribution in [0.4, 0.5) is 11.4 Å². The zero-order valence-electron chi connectivity index (χ0n) is 15.9. The Morgan fingerprint density at radius 1 is 1.14 bits per heavy atom. The number of rotatable bonds is 5. The van der Waals surface area contributed by atoms with Crippen LogP contribution in [0.5, 0.6) is 0 Å². The first kappa shape index (κ1) is 19.4. The van der Waals surface area contributed by atoms with Gasteiger partial charge in [0.15, 0.2) is 0 Å². The van der Waals surface area contributed by atoms with E-state index >= 15 is 0 Å². The topological polar surface area (TPSA) is 75.7 Å². The predicted molar refractivity (Wildman–Crippen MR) is 108 cm³/mol. The smallest absolute Gasteiger partial charge is 0.330 e. The summed E-state index contributed by atoms with van der Waals surface area (Å²) in [7, 11) is 0. The van der Waals surface area contributed by atoms with Gasteiger partial charge in [-0.05, 0) is 60.9 Å². The molecule has 3 rings (SSSR count). The predicted octanol–water partition coefficient (Wildman–Crippen LogP) is 3.42. The lowest BCUT2D eigenvalue weighted by molar-refractivity contribution is -0.137. The molecular formula is C22H22N2O4. The standard InChI is InChI=1S/C22H22N2O4/c1-3-28-21(26)11-6-16-4-8-19(9-5-16)23-22(27)18-7-10-20-17(14-18)12-13-24(20)15(2)25/h4-11,14H,3,12-13H2,1-2H3,(H,23,27)/b11-6+. The van der Waals surface area contributed by atoms with Crippen LogP contribution in [0.25, 0.3) is 6.08 Å². The average molecular weight is 378 g/mol. The molecule has 0 radical (unpaired) electrons. The molecule has 2 aromatic rings. The van der Waals surface area contributed by atoms with Crippen molar-refractivity contribution in [3.8, 4) is 0 Å². The quantitative estimate of drug-likeness (QED) is 0.639. The number of ether oxygens (including phenoxy) is 1. The maximum Gasteiger partial charge on any atom is 0.330 e. The molecule has 0 atom stereocenters. The first-order valence-corrected chi connectivity index (χ1v) is 9.15. The molecule has 2 aromatic carbocycles. The molecule has 0 bridgehead atoms. The third kappa shape index (κ3) is 4.46. The number of nitrogens with zero attached hydrogens (tertiary/aromatic N) is 1. The van der Waals surface area contributed by atoms with Crippen LogP contribution in [0.2, 0.25) is 0 Å². The number of esters is 1. The molecule has 6 heteroatoms. The minimum atomic E-state index is -0.389. The van der Waals surface area contributed by atoms with E-state index in [-0.39, 0.29) is 17.8 Å². The van der Waals surface area contributed by atoms with Gasteiger partial charge in [-0.15, -0.1) is 0 Å². The Morgan fingerprint density at radius 3 is 2.57 bits per heavy atom. The van der Waals surface area contributed by atoms with Crippen molar-refractivity contribution in [1.82, 2.24) is 0 Å². The van der Waals surface area contributed by atoms with Crippen molar-refractivity contribution in [2.45, 2.75) is 20.3 Å². The van der Waals surface area contributed by atoms with E-state index in [1.54, 1.807) is 55.2 Å². The van der Waals surface area contributed by atoms with Gasteiger partial charge in [0.25, 0.3) is 5.91 Å². The summed E-state index contributed by atoms with van der Waals surface area (Å²) in [5, 5.41) is 2.86. The summed E-state index contributed by atoms with van der Waals surface area (Å²) < 4.78 is 4.84. The van der Waals surface area contributed by atoms with E-state index < -0.39 is 0 Å². The maximum atomic E-state index is 12.5. The number of hydrogen-bond donors (Lipinski definition) is 1. The number of nitrogens with one attached hydrogen (secondary N) is 1. The molecule has 144 valence electrons. The first-order valence-electron chi connectivity index (χ1n) is 9.15. The Morgan fingerprint density at radius 2 is 1.89 bits per heavy atom. The van der Waals surface area contributed by atoms with Gasteiger partial charge in [0, 0.05) is 36.5 Å². The first-order chi connectivity index (χ1) is 13.5. The van der Waals surface area contributed by atoms with Crippen LogP contribution < -0.4 is 10.2 Å². The molecule has 0 saturated carbocycles. The van der Waals surface area contributed by atoms with Crippen molar-refractivity contribution in [3.63, 3.8) is 0 Å². The minimum absolute atomic E-state index is 0.00745. The number of benzene rings is 2. The second kappa shape index (κ2) is 8.52. The molecular weight excluding hydrogens is 356 g/mol. The number of carbonyl (C=O) groups excluding carboxylic acids is 3. The lowest BCUT2D eigenvalue weighted by Gasteiger charge is -2.14. The highest BCUT2D eigenvalue weighted by Gasteiger charge is 2.23. The Labute approximate surface area is 163 Å². The minimum Gasteiger partial charge on any atom is -0.463 e. The highest BCUT2D eigenvalue weighted by Crippen LogP contribution is 2.29. The van der Waals surface area contributed by atoms with E-state index in [0.717, 1.165) is 23.2 Å². The van der Waals surface area contributed by atoms with Crippen LogP contribution in [0, 0.1) is 0 Å². The highest BCUT2D eigenvalue weighted by molar-refractivity contribution is 6.05. The van der Waals surface area contributed by atoms with Crippen molar-refractivity contribution in [2.75, 3.05) is 23.4 Å².